The largest absolute Gasteiger partial charge is 0.454 e. The van der Waals surface area contributed by atoms with Crippen molar-refractivity contribution in [3.8, 4) is 0 Å². The molecule has 0 unspecified atom stereocenters. The molecule has 0 fully saturated rings. The highest BCUT2D eigenvalue weighted by atomic mass is 19.2. The van der Waals surface area contributed by atoms with E-state index in [4.69, 9.17) is 0 Å². The lowest BCUT2D eigenvalue weighted by Gasteiger charge is -2.09. The number of amides is 2. The molecule has 2 N–H and O–H groups in total. The van der Waals surface area contributed by atoms with Crippen molar-refractivity contribution in [3.63, 3.8) is 0 Å². The Morgan fingerprint density at radius 1 is 0.889 bits per heavy atom. The Bertz CT molecular complexity index is 844. The van der Waals surface area contributed by atoms with Crippen LogP contribution < -0.4 is 10.6 Å². The number of hydrogen-bond donors (Lipinski definition) is 2. The van der Waals surface area contributed by atoms with Gasteiger partial charge in [-0.3, -0.25) is 14.4 Å². The van der Waals surface area contributed by atoms with Gasteiger partial charge in [-0.05, 0) is 17.7 Å². The van der Waals surface area contributed by atoms with Gasteiger partial charge in [0.05, 0.1) is 12.1 Å². The SMILES string of the molecule is O=C(Cc1ccccc1)NCC(=O)OCC(=O)Nc1ccc(F)c(F)c1F. The van der Waals surface area contributed by atoms with Crippen LogP contribution in [0.25, 0.3) is 0 Å². The molecule has 2 amide bonds. The van der Waals surface area contributed by atoms with Gasteiger partial charge in [-0.25, -0.2) is 13.2 Å². The number of benzene rings is 2. The molecule has 0 bridgehead atoms. The molecule has 6 nitrogen and oxygen atoms in total. The standard InChI is InChI=1S/C18H15F3N2O4/c19-12-6-7-13(18(21)17(12)20)23-15(25)10-27-16(26)9-22-14(24)8-11-4-2-1-3-5-11/h1-7H,8-10H2,(H,22,24)(H,23,25). The van der Waals surface area contributed by atoms with Gasteiger partial charge in [0.15, 0.2) is 24.1 Å². The summed E-state index contributed by atoms with van der Waals surface area (Å²) >= 11 is 0. The number of hydrogen-bond acceptors (Lipinski definition) is 4. The second kappa shape index (κ2) is 9.37. The van der Waals surface area contributed by atoms with E-state index < -0.39 is 54.1 Å². The van der Waals surface area contributed by atoms with Crippen LogP contribution in [0.5, 0.6) is 0 Å². The number of rotatable bonds is 7. The van der Waals surface area contributed by atoms with Crippen LogP contribution in [0, 0.1) is 17.5 Å². The fourth-order valence-electron chi connectivity index (χ4n) is 2.02. The van der Waals surface area contributed by atoms with Crippen LogP contribution in [0.15, 0.2) is 42.5 Å². The molecule has 2 rings (SSSR count). The third-order valence-corrected chi connectivity index (χ3v) is 3.31. The monoisotopic (exact) mass is 380 g/mol. The number of nitrogens with one attached hydrogen (secondary N) is 2. The molecule has 142 valence electrons. The summed E-state index contributed by atoms with van der Waals surface area (Å²) in [5.41, 5.74) is 0.169. The third-order valence-electron chi connectivity index (χ3n) is 3.31. The van der Waals surface area contributed by atoms with Crippen LogP contribution in [0.3, 0.4) is 0 Å². The van der Waals surface area contributed by atoms with E-state index in [2.05, 4.69) is 10.1 Å². The molecule has 0 aliphatic rings. The minimum atomic E-state index is -1.73. The zero-order chi connectivity index (χ0) is 19.8. The van der Waals surface area contributed by atoms with E-state index in [1.807, 2.05) is 5.32 Å². The van der Waals surface area contributed by atoms with E-state index in [1.54, 1.807) is 30.3 Å². The normalized spacial score (nSPS) is 10.2. The minimum absolute atomic E-state index is 0.0734. The van der Waals surface area contributed by atoms with Crippen LogP contribution >= 0.6 is 0 Å². The van der Waals surface area contributed by atoms with Gasteiger partial charge in [0.1, 0.15) is 6.54 Å². The Kier molecular flexibility index (Phi) is 6.93. The van der Waals surface area contributed by atoms with E-state index in [9.17, 15) is 27.6 Å². The maximum Gasteiger partial charge on any atom is 0.325 e. The van der Waals surface area contributed by atoms with Crippen molar-refractivity contribution in [2.45, 2.75) is 6.42 Å². The highest BCUT2D eigenvalue weighted by Gasteiger charge is 2.16. The van der Waals surface area contributed by atoms with E-state index in [0.717, 1.165) is 11.6 Å². The summed E-state index contributed by atoms with van der Waals surface area (Å²) < 4.78 is 43.9. The molecule has 0 atom stereocenters. The lowest BCUT2D eigenvalue weighted by Crippen LogP contribution is -2.33. The molecular formula is C18H15F3N2O4. The van der Waals surface area contributed by atoms with Gasteiger partial charge in [-0.1, -0.05) is 30.3 Å². The topological polar surface area (TPSA) is 84.5 Å². The van der Waals surface area contributed by atoms with Crippen LogP contribution in [-0.4, -0.2) is 30.9 Å². The molecule has 0 aliphatic heterocycles. The molecule has 0 aromatic heterocycles. The second-order valence-electron chi connectivity index (χ2n) is 5.37. The van der Waals surface area contributed by atoms with Crippen molar-refractivity contribution in [1.29, 1.82) is 0 Å². The Hall–Kier alpha value is -3.36. The highest BCUT2D eigenvalue weighted by Crippen LogP contribution is 2.19. The number of carbonyl (C=O) groups is 3. The summed E-state index contributed by atoms with van der Waals surface area (Å²) in [5, 5.41) is 4.28. The molecule has 0 saturated carbocycles. The number of ether oxygens (including phenoxy) is 1. The Balaban J connectivity index is 1.73. The molecule has 2 aromatic carbocycles. The van der Waals surface area contributed by atoms with Crippen molar-refractivity contribution >= 4 is 23.5 Å². The first-order chi connectivity index (χ1) is 12.9. The Morgan fingerprint density at radius 3 is 2.30 bits per heavy atom. The van der Waals surface area contributed by atoms with Gasteiger partial charge < -0.3 is 15.4 Å². The van der Waals surface area contributed by atoms with Crippen LogP contribution in [0.1, 0.15) is 5.56 Å². The predicted octanol–water partition coefficient (Wildman–Crippen LogP) is 1.94. The van der Waals surface area contributed by atoms with E-state index in [0.29, 0.717) is 6.07 Å². The van der Waals surface area contributed by atoms with Crippen molar-refractivity contribution < 1.29 is 32.3 Å². The van der Waals surface area contributed by atoms with Gasteiger partial charge in [-0.2, -0.15) is 0 Å². The van der Waals surface area contributed by atoms with Crippen molar-refractivity contribution in [1.82, 2.24) is 5.32 Å². The Morgan fingerprint density at radius 2 is 1.59 bits per heavy atom. The summed E-state index contributed by atoms with van der Waals surface area (Å²) in [7, 11) is 0. The summed E-state index contributed by atoms with van der Waals surface area (Å²) in [6.45, 7) is -1.25. The first-order valence-electron chi connectivity index (χ1n) is 7.76. The van der Waals surface area contributed by atoms with Gasteiger partial charge >= 0.3 is 5.97 Å². The molecule has 0 spiro atoms. The summed E-state index contributed by atoms with van der Waals surface area (Å²) in [6, 6.07) is 10.3. The van der Waals surface area contributed by atoms with Gasteiger partial charge in [0.2, 0.25) is 5.91 Å². The molecule has 9 heteroatoms. The number of halogens is 3. The number of esters is 1. The minimum Gasteiger partial charge on any atom is -0.454 e. The first kappa shape index (κ1) is 20.0. The lowest BCUT2D eigenvalue weighted by molar-refractivity contribution is -0.147. The maximum atomic E-state index is 13.4. The molecular weight excluding hydrogens is 365 g/mol. The third kappa shape index (κ3) is 6.14. The van der Waals surface area contributed by atoms with E-state index >= 15 is 0 Å². The molecule has 0 radical (unpaired) electrons. The van der Waals surface area contributed by atoms with Gasteiger partial charge in [0, 0.05) is 0 Å². The summed E-state index contributed by atoms with van der Waals surface area (Å²) in [6.07, 6.45) is 0.0734. The molecule has 0 saturated heterocycles. The number of carbonyl (C=O) groups excluding carboxylic acids is 3. The lowest BCUT2D eigenvalue weighted by atomic mass is 10.1. The average Bonchev–Trinajstić information content (AvgIpc) is 2.66. The fraction of sp³-hybridized carbons (Fsp3) is 0.167. The highest BCUT2D eigenvalue weighted by molar-refractivity contribution is 5.93. The summed E-state index contributed by atoms with van der Waals surface area (Å²) in [5.74, 6) is -6.95. The maximum absolute atomic E-state index is 13.4. The van der Waals surface area contributed by atoms with Gasteiger partial charge in [-0.15, -0.1) is 0 Å². The molecule has 0 aliphatic carbocycles. The zero-order valence-corrected chi connectivity index (χ0v) is 13.9. The summed E-state index contributed by atoms with van der Waals surface area (Å²) in [4.78, 5) is 34.8. The zero-order valence-electron chi connectivity index (χ0n) is 13.9. The second-order valence-corrected chi connectivity index (χ2v) is 5.37. The molecule has 2 aromatic rings. The van der Waals surface area contributed by atoms with Crippen molar-refractivity contribution in [3.05, 3.63) is 65.5 Å². The fourth-order valence-corrected chi connectivity index (χ4v) is 2.02. The quantitative estimate of drug-likeness (QED) is 0.568. The smallest absolute Gasteiger partial charge is 0.325 e. The van der Waals surface area contributed by atoms with Crippen molar-refractivity contribution in [2.75, 3.05) is 18.5 Å². The van der Waals surface area contributed by atoms with Crippen LogP contribution in [0.2, 0.25) is 0 Å². The van der Waals surface area contributed by atoms with Crippen LogP contribution in [-0.2, 0) is 25.5 Å². The molecule has 27 heavy (non-hydrogen) atoms. The average molecular weight is 380 g/mol. The van der Waals surface area contributed by atoms with Crippen molar-refractivity contribution in [2.24, 2.45) is 0 Å². The van der Waals surface area contributed by atoms with Gasteiger partial charge in [0.25, 0.3) is 5.91 Å². The van der Waals surface area contributed by atoms with E-state index in [1.165, 1.54) is 0 Å². The first-order valence-corrected chi connectivity index (χ1v) is 7.76. The van der Waals surface area contributed by atoms with E-state index in [-0.39, 0.29) is 6.42 Å². The predicted molar refractivity (Wildman–Crippen MR) is 89.1 cm³/mol. The Labute approximate surface area is 152 Å². The van der Waals surface area contributed by atoms with Crippen LogP contribution in [0.4, 0.5) is 18.9 Å². The number of anilines is 1. The molecule has 0 heterocycles.